The second-order valence-corrected chi connectivity index (χ2v) is 3.58. The highest BCUT2D eigenvalue weighted by Gasteiger charge is 2.21. The summed E-state index contributed by atoms with van der Waals surface area (Å²) in [5.41, 5.74) is 0. The lowest BCUT2D eigenvalue weighted by atomic mass is 9.81. The van der Waals surface area contributed by atoms with E-state index in [9.17, 15) is 4.79 Å². The zero-order valence-electron chi connectivity index (χ0n) is 6.89. The second kappa shape index (κ2) is 3.18. The predicted molar refractivity (Wildman–Crippen MR) is 41.8 cm³/mol. The van der Waals surface area contributed by atoms with Crippen LogP contribution >= 0.6 is 0 Å². The number of rotatable bonds is 1. The van der Waals surface area contributed by atoms with Gasteiger partial charge >= 0.3 is 0 Å². The third-order valence-corrected chi connectivity index (χ3v) is 2.51. The molecule has 10 heavy (non-hydrogen) atoms. The largest absolute Gasteiger partial charge is 0.300 e. The van der Waals surface area contributed by atoms with Gasteiger partial charge in [0, 0.05) is 5.92 Å². The van der Waals surface area contributed by atoms with Crippen LogP contribution in [-0.2, 0) is 4.79 Å². The van der Waals surface area contributed by atoms with Gasteiger partial charge in [0.15, 0.2) is 0 Å². The zero-order chi connectivity index (χ0) is 7.56. The highest BCUT2D eigenvalue weighted by Crippen LogP contribution is 2.28. The van der Waals surface area contributed by atoms with Gasteiger partial charge in [-0.15, -0.1) is 0 Å². The fourth-order valence-electron chi connectivity index (χ4n) is 1.80. The van der Waals surface area contributed by atoms with E-state index >= 15 is 0 Å². The summed E-state index contributed by atoms with van der Waals surface area (Å²) in [6.07, 6.45) is 4.85. The molecule has 1 heteroatoms. The molecule has 1 rings (SSSR count). The number of carbonyl (C=O) groups excluding carboxylic acids is 1. The monoisotopic (exact) mass is 140 g/mol. The Balaban J connectivity index is 2.39. The van der Waals surface area contributed by atoms with Crippen LogP contribution in [0.1, 0.15) is 39.5 Å². The van der Waals surface area contributed by atoms with Crippen LogP contribution in [0.25, 0.3) is 0 Å². The fourth-order valence-corrected chi connectivity index (χ4v) is 1.80. The molecule has 1 nitrogen and oxygen atoms in total. The Morgan fingerprint density at radius 1 is 1.40 bits per heavy atom. The number of ketones is 1. The van der Waals surface area contributed by atoms with Gasteiger partial charge in [-0.3, -0.25) is 4.79 Å². The zero-order valence-corrected chi connectivity index (χ0v) is 6.89. The first-order valence-corrected chi connectivity index (χ1v) is 4.20. The van der Waals surface area contributed by atoms with Gasteiger partial charge in [0.05, 0.1) is 0 Å². The molecule has 0 aromatic heterocycles. The first-order chi connectivity index (χ1) is 4.70. The van der Waals surface area contributed by atoms with Gasteiger partial charge in [0.2, 0.25) is 0 Å². The normalized spacial score (nSPS) is 33.8. The maximum Gasteiger partial charge on any atom is 0.132 e. The van der Waals surface area contributed by atoms with Crippen LogP contribution in [-0.4, -0.2) is 5.78 Å². The van der Waals surface area contributed by atoms with Gasteiger partial charge in [0.1, 0.15) is 5.78 Å². The maximum absolute atomic E-state index is 10.9. The molecule has 0 saturated heterocycles. The first-order valence-electron chi connectivity index (χ1n) is 4.20. The molecule has 1 aliphatic carbocycles. The van der Waals surface area contributed by atoms with E-state index in [0.29, 0.717) is 11.7 Å². The second-order valence-electron chi connectivity index (χ2n) is 3.58. The minimum atomic E-state index is 0.392. The summed E-state index contributed by atoms with van der Waals surface area (Å²) < 4.78 is 0. The fraction of sp³-hybridized carbons (Fsp3) is 0.889. The van der Waals surface area contributed by atoms with Crippen LogP contribution in [0.15, 0.2) is 0 Å². The Hall–Kier alpha value is -0.330. The summed E-state index contributed by atoms with van der Waals surface area (Å²) in [6, 6.07) is 0. The highest BCUT2D eigenvalue weighted by atomic mass is 16.1. The van der Waals surface area contributed by atoms with Crippen molar-refractivity contribution in [1.82, 2.24) is 0 Å². The molecular weight excluding hydrogens is 124 g/mol. The van der Waals surface area contributed by atoms with Crippen LogP contribution < -0.4 is 0 Å². The summed E-state index contributed by atoms with van der Waals surface area (Å²) >= 11 is 0. The number of hydrogen-bond acceptors (Lipinski definition) is 1. The summed E-state index contributed by atoms with van der Waals surface area (Å²) in [5.74, 6) is 1.57. The summed E-state index contributed by atoms with van der Waals surface area (Å²) in [6.45, 7) is 3.97. The van der Waals surface area contributed by atoms with E-state index < -0.39 is 0 Å². The van der Waals surface area contributed by atoms with Gasteiger partial charge < -0.3 is 0 Å². The number of hydrogen-bond donors (Lipinski definition) is 0. The molecule has 0 N–H and O–H groups in total. The van der Waals surface area contributed by atoms with Gasteiger partial charge in [-0.05, 0) is 25.7 Å². The van der Waals surface area contributed by atoms with Crippen LogP contribution in [0.5, 0.6) is 0 Å². The smallest absolute Gasteiger partial charge is 0.132 e. The van der Waals surface area contributed by atoms with Crippen molar-refractivity contribution < 1.29 is 4.79 Å². The molecule has 2 atom stereocenters. The molecule has 0 heterocycles. The molecule has 58 valence electrons. The molecule has 0 aromatic rings. The van der Waals surface area contributed by atoms with Crippen molar-refractivity contribution in [1.29, 1.82) is 0 Å². The van der Waals surface area contributed by atoms with Crippen LogP contribution in [0.3, 0.4) is 0 Å². The SMILES string of the molecule is CC(=O)C1CCCC(C)C1. The van der Waals surface area contributed by atoms with Crippen molar-refractivity contribution >= 4 is 5.78 Å². The van der Waals surface area contributed by atoms with Gasteiger partial charge in [-0.1, -0.05) is 19.8 Å². The summed E-state index contributed by atoms with van der Waals surface area (Å²) in [4.78, 5) is 10.9. The Labute approximate surface area is 62.8 Å². The lowest BCUT2D eigenvalue weighted by Gasteiger charge is -2.24. The van der Waals surface area contributed by atoms with Crippen LogP contribution in [0.4, 0.5) is 0 Å². The molecule has 1 aliphatic rings. The molecule has 1 saturated carbocycles. The molecule has 0 radical (unpaired) electrons. The van der Waals surface area contributed by atoms with Crippen molar-refractivity contribution in [3.05, 3.63) is 0 Å². The van der Waals surface area contributed by atoms with Gasteiger partial charge in [-0.25, -0.2) is 0 Å². The molecule has 0 aliphatic heterocycles. The Bertz CT molecular complexity index is 129. The number of carbonyl (C=O) groups is 1. The Morgan fingerprint density at radius 3 is 2.50 bits per heavy atom. The van der Waals surface area contributed by atoms with Gasteiger partial charge in [-0.2, -0.15) is 0 Å². The molecule has 1 fully saturated rings. The first kappa shape index (κ1) is 7.77. The van der Waals surface area contributed by atoms with E-state index in [1.807, 2.05) is 0 Å². The molecule has 2 unspecified atom stereocenters. The molecule has 0 aromatic carbocycles. The van der Waals surface area contributed by atoms with Gasteiger partial charge in [0.25, 0.3) is 0 Å². The number of Topliss-reactive ketones (excluding diaryl/α,β-unsaturated/α-hetero) is 1. The minimum Gasteiger partial charge on any atom is -0.300 e. The minimum absolute atomic E-state index is 0.392. The Morgan fingerprint density at radius 2 is 2.10 bits per heavy atom. The lowest BCUT2D eigenvalue weighted by Crippen LogP contribution is -2.19. The van der Waals surface area contributed by atoms with E-state index in [2.05, 4.69) is 6.92 Å². The van der Waals surface area contributed by atoms with E-state index in [-0.39, 0.29) is 0 Å². The third kappa shape index (κ3) is 1.83. The van der Waals surface area contributed by atoms with Crippen molar-refractivity contribution in [3.8, 4) is 0 Å². The lowest BCUT2D eigenvalue weighted by molar-refractivity contribution is -0.122. The average molecular weight is 140 g/mol. The predicted octanol–water partition coefficient (Wildman–Crippen LogP) is 2.40. The van der Waals surface area contributed by atoms with Crippen molar-refractivity contribution in [2.75, 3.05) is 0 Å². The van der Waals surface area contributed by atoms with Crippen LogP contribution in [0, 0.1) is 11.8 Å². The van der Waals surface area contributed by atoms with E-state index in [1.54, 1.807) is 6.92 Å². The molecule has 0 amide bonds. The molecule has 0 bridgehead atoms. The summed E-state index contributed by atoms with van der Waals surface area (Å²) in [7, 11) is 0. The van der Waals surface area contributed by atoms with Crippen molar-refractivity contribution in [2.24, 2.45) is 11.8 Å². The molecule has 0 spiro atoms. The standard InChI is InChI=1S/C9H16O/c1-7-4-3-5-9(6-7)8(2)10/h7,9H,3-6H2,1-2H3. The highest BCUT2D eigenvalue weighted by molar-refractivity contribution is 5.78. The molecular formula is C9H16O. The third-order valence-electron chi connectivity index (χ3n) is 2.51. The quantitative estimate of drug-likeness (QED) is 0.546. The van der Waals surface area contributed by atoms with E-state index in [1.165, 1.54) is 12.8 Å². The maximum atomic E-state index is 10.9. The topological polar surface area (TPSA) is 17.1 Å². The summed E-state index contributed by atoms with van der Waals surface area (Å²) in [5, 5.41) is 0. The van der Waals surface area contributed by atoms with Crippen molar-refractivity contribution in [3.63, 3.8) is 0 Å². The Kier molecular flexibility index (Phi) is 2.47. The van der Waals surface area contributed by atoms with Crippen LogP contribution in [0.2, 0.25) is 0 Å². The van der Waals surface area contributed by atoms with E-state index in [4.69, 9.17) is 0 Å². The average Bonchev–Trinajstić information content (AvgIpc) is 1.88. The van der Waals surface area contributed by atoms with Crippen molar-refractivity contribution in [2.45, 2.75) is 39.5 Å². The van der Waals surface area contributed by atoms with E-state index in [0.717, 1.165) is 18.8 Å².